The summed E-state index contributed by atoms with van der Waals surface area (Å²) in [5, 5.41) is 1.16. The van der Waals surface area contributed by atoms with Crippen molar-refractivity contribution in [2.24, 2.45) is 0 Å². The van der Waals surface area contributed by atoms with Gasteiger partial charge in [-0.1, -0.05) is 30.3 Å². The Bertz CT molecular complexity index is 1510. The third kappa shape index (κ3) is 5.64. The fourth-order valence-corrected chi connectivity index (χ4v) is 6.70. The molecular weight excluding hydrogens is 564 g/mol. The molecule has 0 radical (unpaired) electrons. The van der Waals surface area contributed by atoms with E-state index in [1.807, 2.05) is 31.2 Å². The highest BCUT2D eigenvalue weighted by atomic mass is 32.1. The van der Waals surface area contributed by atoms with E-state index in [0.717, 1.165) is 21.4 Å². The Hall–Kier alpha value is -3.80. The zero-order chi connectivity index (χ0) is 30.2. The Labute approximate surface area is 246 Å². The molecule has 0 amide bonds. The average Bonchev–Trinajstić information content (AvgIpc) is 3.49. The number of hydrogen-bond acceptors (Lipinski definition) is 11. The van der Waals surface area contributed by atoms with Gasteiger partial charge < -0.3 is 28.4 Å². The molecule has 2 aliphatic rings. The molecule has 2 fully saturated rings. The van der Waals surface area contributed by atoms with E-state index in [0.29, 0.717) is 12.0 Å². The van der Waals surface area contributed by atoms with Crippen LogP contribution in [0.25, 0.3) is 10.1 Å². The number of thiophene rings is 1. The van der Waals surface area contributed by atoms with Gasteiger partial charge in [0.2, 0.25) is 11.9 Å². The van der Waals surface area contributed by atoms with Crippen LogP contribution in [0.2, 0.25) is 0 Å². The number of benzene rings is 2. The largest absolute Gasteiger partial charge is 0.463 e. The zero-order valence-corrected chi connectivity index (χ0v) is 24.8. The van der Waals surface area contributed by atoms with Crippen LogP contribution in [-0.4, -0.2) is 61.0 Å². The van der Waals surface area contributed by atoms with E-state index in [1.165, 1.54) is 32.4 Å². The summed E-state index contributed by atoms with van der Waals surface area (Å²) in [5.41, 5.74) is 0.931. The third-order valence-corrected chi connectivity index (χ3v) is 8.49. The normalized spacial score (nSPS) is 26.5. The highest BCUT2D eigenvalue weighted by molar-refractivity contribution is 7.19. The second kappa shape index (κ2) is 11.5. The first kappa shape index (κ1) is 29.7. The predicted octanol–water partition coefficient (Wildman–Crippen LogP) is 4.11. The predicted molar refractivity (Wildman–Crippen MR) is 151 cm³/mol. The van der Waals surface area contributed by atoms with Crippen molar-refractivity contribution < 1.29 is 47.6 Å². The van der Waals surface area contributed by atoms with Crippen molar-refractivity contribution in [3.05, 3.63) is 70.1 Å². The summed E-state index contributed by atoms with van der Waals surface area (Å²) in [4.78, 5) is 50.0. The van der Waals surface area contributed by atoms with Gasteiger partial charge in [0.1, 0.15) is 6.61 Å². The van der Waals surface area contributed by atoms with Gasteiger partial charge >= 0.3 is 23.9 Å². The number of fused-ring (bicyclic) bond motifs is 3. The fourth-order valence-electron chi connectivity index (χ4n) is 5.61. The minimum atomic E-state index is -1.77. The Morgan fingerprint density at radius 3 is 2.24 bits per heavy atom. The Morgan fingerprint density at radius 1 is 0.881 bits per heavy atom. The highest BCUT2D eigenvalue weighted by Gasteiger charge is 2.72. The van der Waals surface area contributed by atoms with Crippen LogP contribution in [-0.2, 0) is 59.8 Å². The SMILES string of the molecule is CC(=O)OC[C@@]12CO[C@@](c3ccc(C)c(Cc4cc5ccccc5s4)c3)(O1)[C@H](OC(C)=O)[C@@H](OC(C)=O)[C@@H]2OC(C)=O. The van der Waals surface area contributed by atoms with E-state index in [1.54, 1.807) is 17.4 Å². The van der Waals surface area contributed by atoms with Crippen molar-refractivity contribution in [3.63, 3.8) is 0 Å². The molecule has 3 aromatic rings. The summed E-state index contributed by atoms with van der Waals surface area (Å²) < 4.78 is 36.5. The molecule has 1 aromatic heterocycles. The van der Waals surface area contributed by atoms with Crippen molar-refractivity contribution in [2.75, 3.05) is 13.2 Å². The summed E-state index contributed by atoms with van der Waals surface area (Å²) in [7, 11) is 0. The lowest BCUT2D eigenvalue weighted by molar-refractivity contribution is -0.334. The minimum absolute atomic E-state index is 0.215. The highest BCUT2D eigenvalue weighted by Crippen LogP contribution is 2.53. The van der Waals surface area contributed by atoms with Crippen molar-refractivity contribution in [2.45, 2.75) is 70.7 Å². The quantitative estimate of drug-likeness (QED) is 0.277. The molecule has 2 bridgehead atoms. The van der Waals surface area contributed by atoms with Gasteiger partial charge in [0.25, 0.3) is 0 Å². The summed E-state index contributed by atoms with van der Waals surface area (Å²) in [6.45, 7) is 6.22. The van der Waals surface area contributed by atoms with Crippen LogP contribution < -0.4 is 0 Å². The summed E-state index contributed by atoms with van der Waals surface area (Å²) in [6, 6.07) is 15.9. The first-order chi connectivity index (χ1) is 19.9. The zero-order valence-electron chi connectivity index (χ0n) is 24.0. The smallest absolute Gasteiger partial charge is 0.303 e. The molecule has 3 heterocycles. The maximum Gasteiger partial charge on any atom is 0.303 e. The monoisotopic (exact) mass is 596 g/mol. The lowest BCUT2D eigenvalue weighted by Crippen LogP contribution is -2.68. The van der Waals surface area contributed by atoms with Gasteiger partial charge in [-0.25, -0.2) is 0 Å². The number of carbonyl (C=O) groups excluding carboxylic acids is 4. The van der Waals surface area contributed by atoms with E-state index < -0.39 is 53.6 Å². The second-order valence-corrected chi connectivity index (χ2v) is 11.8. The summed E-state index contributed by atoms with van der Waals surface area (Å²) in [5.74, 6) is -4.47. The number of ether oxygens (including phenoxy) is 6. The van der Waals surface area contributed by atoms with Gasteiger partial charge in [-0.15, -0.1) is 11.3 Å². The molecule has 42 heavy (non-hydrogen) atoms. The van der Waals surface area contributed by atoms with Crippen LogP contribution in [0.4, 0.5) is 0 Å². The minimum Gasteiger partial charge on any atom is -0.463 e. The van der Waals surface area contributed by atoms with Gasteiger partial charge in [-0.05, 0) is 41.6 Å². The summed E-state index contributed by atoms with van der Waals surface area (Å²) >= 11 is 1.70. The Kier molecular flexibility index (Phi) is 8.10. The maximum absolute atomic E-state index is 12.4. The molecule has 0 saturated carbocycles. The lowest BCUT2D eigenvalue weighted by atomic mass is 9.82. The van der Waals surface area contributed by atoms with Crippen molar-refractivity contribution in [1.82, 2.24) is 0 Å². The molecule has 2 aromatic carbocycles. The fraction of sp³-hybridized carbons (Fsp3) is 0.419. The van der Waals surface area contributed by atoms with E-state index >= 15 is 0 Å². The van der Waals surface area contributed by atoms with Gasteiger partial charge in [-0.2, -0.15) is 0 Å². The van der Waals surface area contributed by atoms with Gasteiger partial charge in [0, 0.05) is 49.3 Å². The molecule has 0 unspecified atom stereocenters. The first-order valence-electron chi connectivity index (χ1n) is 13.5. The van der Waals surface area contributed by atoms with Crippen LogP contribution in [0.15, 0.2) is 48.5 Å². The Morgan fingerprint density at radius 2 is 1.57 bits per heavy atom. The molecule has 10 nitrogen and oxygen atoms in total. The topological polar surface area (TPSA) is 124 Å². The first-order valence-corrected chi connectivity index (χ1v) is 14.3. The molecule has 5 rings (SSSR count). The number of hydrogen-bond donors (Lipinski definition) is 0. The number of rotatable bonds is 8. The van der Waals surface area contributed by atoms with Crippen molar-refractivity contribution in [1.29, 1.82) is 0 Å². The van der Waals surface area contributed by atoms with Gasteiger partial charge in [-0.3, -0.25) is 19.2 Å². The molecule has 5 atom stereocenters. The molecule has 0 N–H and O–H groups in total. The van der Waals surface area contributed by atoms with Crippen LogP contribution in [0.1, 0.15) is 49.3 Å². The van der Waals surface area contributed by atoms with E-state index in [2.05, 4.69) is 18.2 Å². The molecule has 222 valence electrons. The summed E-state index contributed by atoms with van der Waals surface area (Å²) in [6.07, 6.45) is -3.40. The number of aryl methyl sites for hydroxylation is 1. The maximum atomic E-state index is 12.4. The molecule has 0 spiro atoms. The van der Waals surface area contributed by atoms with Gasteiger partial charge in [0.15, 0.2) is 17.8 Å². The second-order valence-electron chi connectivity index (χ2n) is 10.6. The number of carbonyl (C=O) groups is 4. The van der Waals surface area contributed by atoms with E-state index in [-0.39, 0.29) is 13.2 Å². The molecule has 2 aliphatic heterocycles. The van der Waals surface area contributed by atoms with Crippen LogP contribution >= 0.6 is 11.3 Å². The molecule has 0 aliphatic carbocycles. The molecule has 2 saturated heterocycles. The Balaban J connectivity index is 1.62. The molecular formula is C31H32O10S. The van der Waals surface area contributed by atoms with Crippen molar-refractivity contribution in [3.8, 4) is 0 Å². The lowest BCUT2D eigenvalue weighted by Gasteiger charge is -2.49. The van der Waals surface area contributed by atoms with Crippen molar-refractivity contribution >= 4 is 45.3 Å². The third-order valence-electron chi connectivity index (χ3n) is 7.38. The number of esters is 4. The van der Waals surface area contributed by atoms with Crippen LogP contribution in [0, 0.1) is 6.92 Å². The van der Waals surface area contributed by atoms with Crippen LogP contribution in [0.5, 0.6) is 0 Å². The average molecular weight is 597 g/mol. The van der Waals surface area contributed by atoms with E-state index in [9.17, 15) is 19.2 Å². The van der Waals surface area contributed by atoms with E-state index in [4.69, 9.17) is 28.4 Å². The standard InChI is InChI=1S/C31H32O10S/c1-17-10-11-24(12-23(17)14-25-13-22-8-6-7-9-26(22)42-25)31-29(40-21(5)35)27(38-19(3)33)28(39-20(4)34)30(41-31,16-37-31)15-36-18(2)32/h6-13,27-29H,14-16H2,1-5H3/t27-,28-,29+,30-,31-/m0/s1. The van der Waals surface area contributed by atoms with Gasteiger partial charge in [0.05, 0.1) is 6.61 Å². The van der Waals surface area contributed by atoms with Crippen LogP contribution in [0.3, 0.4) is 0 Å². The molecule has 11 heteroatoms.